The molecular formula is C14H24O. The Kier molecular flexibility index (Phi) is 7.06. The molecule has 0 amide bonds. The van der Waals surface area contributed by atoms with Gasteiger partial charge in [-0.25, -0.2) is 0 Å². The van der Waals surface area contributed by atoms with Crippen LogP contribution in [-0.4, -0.2) is 11.2 Å². The molecule has 0 aromatic heterocycles. The van der Waals surface area contributed by atoms with Crippen molar-refractivity contribution >= 4 is 0 Å². The molecule has 0 aromatic carbocycles. The van der Waals surface area contributed by atoms with E-state index in [0.29, 0.717) is 5.92 Å². The number of hydrogen-bond donors (Lipinski definition) is 1. The van der Waals surface area contributed by atoms with Gasteiger partial charge in [-0.2, -0.15) is 0 Å². The second-order valence-electron chi connectivity index (χ2n) is 3.63. The van der Waals surface area contributed by atoms with Crippen molar-refractivity contribution in [2.75, 3.05) is 0 Å². The number of rotatable bonds is 1. The highest BCUT2D eigenvalue weighted by Crippen LogP contribution is 2.32. The minimum atomic E-state index is -0.287. The summed E-state index contributed by atoms with van der Waals surface area (Å²) in [7, 11) is 0. The lowest BCUT2D eigenvalue weighted by atomic mass is 9.80. The van der Waals surface area contributed by atoms with Crippen LogP contribution in [0.25, 0.3) is 0 Å². The predicted octanol–water partition coefficient (Wildman–Crippen LogP) is 3.86. The lowest BCUT2D eigenvalue weighted by Gasteiger charge is -2.29. The summed E-state index contributed by atoms with van der Waals surface area (Å²) in [4.78, 5) is 0. The van der Waals surface area contributed by atoms with Gasteiger partial charge in [0.25, 0.3) is 0 Å². The van der Waals surface area contributed by atoms with E-state index in [1.807, 2.05) is 32.9 Å². The molecule has 0 bridgehead atoms. The summed E-state index contributed by atoms with van der Waals surface area (Å²) in [5, 5.41) is 9.89. The van der Waals surface area contributed by atoms with Crippen LogP contribution in [0.1, 0.15) is 40.5 Å². The first kappa shape index (κ1) is 14.2. The summed E-state index contributed by atoms with van der Waals surface area (Å²) in [5.74, 6) is 0.383. The molecule has 1 saturated carbocycles. The molecule has 0 saturated heterocycles. The van der Waals surface area contributed by atoms with Crippen molar-refractivity contribution in [3.8, 4) is 0 Å². The van der Waals surface area contributed by atoms with E-state index in [4.69, 9.17) is 0 Å². The summed E-state index contributed by atoms with van der Waals surface area (Å²) >= 11 is 0. The van der Waals surface area contributed by atoms with Gasteiger partial charge >= 0.3 is 0 Å². The minimum Gasteiger partial charge on any atom is -0.388 e. The molecule has 2 unspecified atom stereocenters. The van der Waals surface area contributed by atoms with Gasteiger partial charge in [0.15, 0.2) is 0 Å². The molecule has 1 aliphatic carbocycles. The first-order valence-corrected chi connectivity index (χ1v) is 5.87. The Balaban J connectivity index is 0.000000921. The Hall–Kier alpha value is -0.820. The molecule has 2 atom stereocenters. The maximum absolute atomic E-state index is 9.89. The first-order valence-electron chi connectivity index (χ1n) is 5.87. The molecule has 0 spiro atoms. The average Bonchev–Trinajstić information content (AvgIpc) is 2.27. The number of aliphatic hydroxyl groups is 1. The highest BCUT2D eigenvalue weighted by atomic mass is 16.3. The Morgan fingerprint density at radius 2 is 2.00 bits per heavy atom. The summed E-state index contributed by atoms with van der Waals surface area (Å²) in [6.45, 7) is 11.8. The van der Waals surface area contributed by atoms with Crippen LogP contribution >= 0.6 is 0 Å². The molecule has 0 heterocycles. The molecule has 1 heteroatoms. The topological polar surface area (TPSA) is 20.2 Å². The van der Waals surface area contributed by atoms with Crippen molar-refractivity contribution < 1.29 is 5.11 Å². The van der Waals surface area contributed by atoms with Gasteiger partial charge in [0.1, 0.15) is 0 Å². The maximum Gasteiger partial charge on any atom is 0.0815 e. The van der Waals surface area contributed by atoms with Crippen molar-refractivity contribution in [1.82, 2.24) is 0 Å². The second kappa shape index (κ2) is 7.47. The van der Waals surface area contributed by atoms with Crippen molar-refractivity contribution in [3.05, 3.63) is 36.0 Å². The molecule has 0 aliphatic heterocycles. The molecule has 1 N–H and O–H groups in total. The molecule has 1 rings (SSSR count). The van der Waals surface area contributed by atoms with Crippen molar-refractivity contribution in [2.24, 2.45) is 5.92 Å². The van der Waals surface area contributed by atoms with Gasteiger partial charge in [-0.15, -0.1) is 0 Å². The standard InChI is InChI=1S/C12H18O.C2H6/c1-4-6-10-8-7-9(3)12(13)11(10)5-2;1-2/h4-6,9,12-13H,1,7-8H2,2-3H3;1-2H3/b10-6-,11-5+;. The highest BCUT2D eigenvalue weighted by molar-refractivity contribution is 5.38. The van der Waals surface area contributed by atoms with Gasteiger partial charge in [-0.3, -0.25) is 0 Å². The van der Waals surface area contributed by atoms with Gasteiger partial charge < -0.3 is 5.11 Å². The second-order valence-corrected chi connectivity index (χ2v) is 3.63. The lowest BCUT2D eigenvalue weighted by molar-refractivity contribution is 0.137. The highest BCUT2D eigenvalue weighted by Gasteiger charge is 2.25. The van der Waals surface area contributed by atoms with E-state index in [-0.39, 0.29) is 6.10 Å². The molecule has 0 radical (unpaired) electrons. The largest absolute Gasteiger partial charge is 0.388 e. The van der Waals surface area contributed by atoms with Gasteiger partial charge in [0.05, 0.1) is 6.10 Å². The third-order valence-corrected chi connectivity index (χ3v) is 2.73. The van der Waals surface area contributed by atoms with Crippen LogP contribution in [0.4, 0.5) is 0 Å². The summed E-state index contributed by atoms with van der Waals surface area (Å²) in [6, 6.07) is 0. The third kappa shape index (κ3) is 3.67. The van der Waals surface area contributed by atoms with Crippen molar-refractivity contribution in [2.45, 2.75) is 46.6 Å². The fraction of sp³-hybridized carbons (Fsp3) is 0.571. The zero-order valence-electron chi connectivity index (χ0n) is 10.5. The number of allylic oxidation sites excluding steroid dienone is 3. The van der Waals surface area contributed by atoms with Crippen LogP contribution in [0.3, 0.4) is 0 Å². The predicted molar refractivity (Wildman–Crippen MR) is 67.8 cm³/mol. The molecular weight excluding hydrogens is 184 g/mol. The lowest BCUT2D eigenvalue weighted by Crippen LogP contribution is -2.26. The van der Waals surface area contributed by atoms with E-state index in [1.54, 1.807) is 6.08 Å². The molecule has 1 fully saturated rings. The van der Waals surface area contributed by atoms with E-state index in [0.717, 1.165) is 18.4 Å². The van der Waals surface area contributed by atoms with Crippen LogP contribution < -0.4 is 0 Å². The van der Waals surface area contributed by atoms with Crippen LogP contribution in [0.5, 0.6) is 0 Å². The third-order valence-electron chi connectivity index (χ3n) is 2.73. The monoisotopic (exact) mass is 208 g/mol. The summed E-state index contributed by atoms with van der Waals surface area (Å²) < 4.78 is 0. The van der Waals surface area contributed by atoms with Crippen LogP contribution in [-0.2, 0) is 0 Å². The zero-order chi connectivity index (χ0) is 11.8. The number of aliphatic hydroxyl groups excluding tert-OH is 1. The van der Waals surface area contributed by atoms with Crippen molar-refractivity contribution in [3.63, 3.8) is 0 Å². The van der Waals surface area contributed by atoms with E-state index < -0.39 is 0 Å². The Morgan fingerprint density at radius 3 is 2.47 bits per heavy atom. The molecule has 86 valence electrons. The number of hydrogen-bond acceptors (Lipinski definition) is 1. The van der Waals surface area contributed by atoms with E-state index in [9.17, 15) is 5.11 Å². The molecule has 1 aliphatic rings. The fourth-order valence-corrected chi connectivity index (χ4v) is 1.86. The van der Waals surface area contributed by atoms with E-state index in [1.165, 1.54) is 5.57 Å². The van der Waals surface area contributed by atoms with Gasteiger partial charge in [0.2, 0.25) is 0 Å². The minimum absolute atomic E-state index is 0.287. The maximum atomic E-state index is 9.89. The average molecular weight is 208 g/mol. The van der Waals surface area contributed by atoms with Crippen molar-refractivity contribution in [1.29, 1.82) is 0 Å². The van der Waals surface area contributed by atoms with Gasteiger partial charge in [-0.05, 0) is 36.8 Å². The summed E-state index contributed by atoms with van der Waals surface area (Å²) in [6.07, 6.45) is 7.65. The molecule has 1 nitrogen and oxygen atoms in total. The smallest absolute Gasteiger partial charge is 0.0815 e. The first-order chi connectivity index (χ1) is 7.20. The van der Waals surface area contributed by atoms with Crippen LogP contribution in [0.15, 0.2) is 36.0 Å². The molecule has 15 heavy (non-hydrogen) atoms. The Labute approximate surface area is 94.2 Å². The Morgan fingerprint density at radius 1 is 1.40 bits per heavy atom. The fourth-order valence-electron chi connectivity index (χ4n) is 1.86. The molecule has 0 aromatic rings. The van der Waals surface area contributed by atoms with Crippen LogP contribution in [0.2, 0.25) is 0 Å². The van der Waals surface area contributed by atoms with E-state index >= 15 is 0 Å². The zero-order valence-corrected chi connectivity index (χ0v) is 10.5. The van der Waals surface area contributed by atoms with Gasteiger partial charge in [-0.1, -0.05) is 45.6 Å². The summed E-state index contributed by atoms with van der Waals surface area (Å²) in [5.41, 5.74) is 2.32. The Bertz CT molecular complexity index is 248. The quantitative estimate of drug-likeness (QED) is 0.693. The normalized spacial score (nSPS) is 31.0. The van der Waals surface area contributed by atoms with Gasteiger partial charge in [0, 0.05) is 0 Å². The van der Waals surface area contributed by atoms with Crippen LogP contribution in [0, 0.1) is 5.92 Å². The van der Waals surface area contributed by atoms with E-state index in [2.05, 4.69) is 13.5 Å². The SMILES string of the molecule is C=C/C=C1/CCC(C)C(O)/C1=C/C.CC.